The van der Waals surface area contributed by atoms with Gasteiger partial charge < -0.3 is 9.64 Å². The number of carbonyl (C=O) groups is 1. The van der Waals surface area contributed by atoms with E-state index in [-0.39, 0.29) is 17.6 Å². The molecule has 0 spiro atoms. The van der Waals surface area contributed by atoms with Crippen LogP contribution < -0.4 is 5.56 Å². The lowest BCUT2D eigenvalue weighted by molar-refractivity contribution is -0.130. The predicted octanol–water partition coefficient (Wildman–Crippen LogP) is 4.11. The Balaban J connectivity index is 1.44. The molecule has 5 rings (SSSR count). The van der Waals surface area contributed by atoms with E-state index in [0.29, 0.717) is 29.3 Å². The van der Waals surface area contributed by atoms with E-state index in [9.17, 15) is 9.59 Å². The SMILES string of the molecule is C[C@@H]1C[C@@H](C)CN(C(=O)CSc2nc3sc4c(c3c(=O)n2C[C@@H]2CCCO2)CCCC4)C1. The fourth-order valence-electron chi connectivity index (χ4n) is 5.57. The Hall–Kier alpha value is -1.38. The molecule has 8 heteroatoms. The van der Waals surface area contributed by atoms with Crippen molar-refractivity contribution in [2.75, 3.05) is 25.4 Å². The molecule has 1 amide bonds. The Morgan fingerprint density at radius 3 is 2.72 bits per heavy atom. The van der Waals surface area contributed by atoms with Gasteiger partial charge in [0.15, 0.2) is 5.16 Å². The van der Waals surface area contributed by atoms with E-state index in [4.69, 9.17) is 9.72 Å². The number of fused-ring (bicyclic) bond motifs is 3. The van der Waals surface area contributed by atoms with Crippen LogP contribution in [0.5, 0.6) is 0 Å². The summed E-state index contributed by atoms with van der Waals surface area (Å²) in [5.41, 5.74) is 1.28. The zero-order valence-electron chi connectivity index (χ0n) is 19.1. The third kappa shape index (κ3) is 4.50. The summed E-state index contributed by atoms with van der Waals surface area (Å²) in [6, 6.07) is 0. The van der Waals surface area contributed by atoms with E-state index in [1.54, 1.807) is 15.9 Å². The molecule has 2 fully saturated rings. The Morgan fingerprint density at radius 2 is 1.97 bits per heavy atom. The van der Waals surface area contributed by atoms with Crippen molar-refractivity contribution in [3.8, 4) is 0 Å². The number of aromatic nitrogens is 2. The van der Waals surface area contributed by atoms with Gasteiger partial charge in [-0.25, -0.2) is 4.98 Å². The lowest BCUT2D eigenvalue weighted by Crippen LogP contribution is -2.43. The highest BCUT2D eigenvalue weighted by Crippen LogP contribution is 2.35. The maximum Gasteiger partial charge on any atom is 0.263 e. The van der Waals surface area contributed by atoms with Crippen LogP contribution in [0.4, 0.5) is 0 Å². The minimum atomic E-state index is 0.0556. The summed E-state index contributed by atoms with van der Waals surface area (Å²) >= 11 is 3.10. The van der Waals surface area contributed by atoms with Crippen LogP contribution >= 0.6 is 23.1 Å². The molecule has 2 aromatic rings. The Bertz CT molecular complexity index is 1050. The molecule has 3 atom stereocenters. The first-order valence-corrected chi connectivity index (χ1v) is 13.9. The van der Waals surface area contributed by atoms with E-state index >= 15 is 0 Å². The third-order valence-electron chi connectivity index (χ3n) is 7.00. The fourth-order valence-corrected chi connectivity index (χ4v) is 7.78. The molecule has 3 aliphatic rings. The van der Waals surface area contributed by atoms with Gasteiger partial charge in [0.25, 0.3) is 5.56 Å². The minimum absolute atomic E-state index is 0.0556. The molecular weight excluding hydrogens is 442 g/mol. The van der Waals surface area contributed by atoms with E-state index in [0.717, 1.165) is 62.0 Å². The number of rotatable bonds is 5. The van der Waals surface area contributed by atoms with Crippen LogP contribution in [0.15, 0.2) is 9.95 Å². The number of hydrogen-bond donors (Lipinski definition) is 0. The van der Waals surface area contributed by atoms with Gasteiger partial charge in [-0.15, -0.1) is 11.3 Å². The van der Waals surface area contributed by atoms with Crippen LogP contribution in [0, 0.1) is 11.8 Å². The average Bonchev–Trinajstić information content (AvgIpc) is 3.41. The number of hydrogen-bond acceptors (Lipinski definition) is 6. The van der Waals surface area contributed by atoms with Gasteiger partial charge in [-0.1, -0.05) is 25.6 Å². The second kappa shape index (κ2) is 9.47. The van der Waals surface area contributed by atoms with Crippen LogP contribution in [0.25, 0.3) is 10.2 Å². The normalized spacial score (nSPS) is 25.9. The van der Waals surface area contributed by atoms with Crippen LogP contribution in [0.1, 0.15) is 56.4 Å². The third-order valence-corrected chi connectivity index (χ3v) is 9.14. The molecule has 0 bridgehead atoms. The van der Waals surface area contributed by atoms with Gasteiger partial charge in [-0.3, -0.25) is 14.2 Å². The molecule has 32 heavy (non-hydrogen) atoms. The number of carbonyl (C=O) groups excluding carboxylic acids is 1. The molecule has 2 saturated heterocycles. The van der Waals surface area contributed by atoms with E-state index in [1.165, 1.54) is 35.0 Å². The molecular formula is C24H33N3O3S2. The van der Waals surface area contributed by atoms with Crippen molar-refractivity contribution in [2.45, 2.75) is 76.6 Å². The van der Waals surface area contributed by atoms with Crippen LogP contribution in [-0.4, -0.2) is 51.9 Å². The summed E-state index contributed by atoms with van der Waals surface area (Å²) < 4.78 is 7.65. The maximum absolute atomic E-state index is 13.7. The summed E-state index contributed by atoms with van der Waals surface area (Å²) in [5.74, 6) is 1.56. The Labute approximate surface area is 197 Å². The number of piperidine rings is 1. The van der Waals surface area contributed by atoms with E-state index in [2.05, 4.69) is 13.8 Å². The van der Waals surface area contributed by atoms with Gasteiger partial charge in [-0.05, 0) is 62.3 Å². The first-order chi connectivity index (χ1) is 15.5. The van der Waals surface area contributed by atoms with Crippen molar-refractivity contribution in [1.29, 1.82) is 0 Å². The summed E-state index contributed by atoms with van der Waals surface area (Å²) in [5, 5.41) is 1.49. The van der Waals surface area contributed by atoms with Gasteiger partial charge >= 0.3 is 0 Å². The molecule has 1 aliphatic carbocycles. The largest absolute Gasteiger partial charge is 0.376 e. The van der Waals surface area contributed by atoms with Gasteiger partial charge in [0, 0.05) is 24.6 Å². The summed E-state index contributed by atoms with van der Waals surface area (Å²) in [6.45, 7) is 7.38. The maximum atomic E-state index is 13.7. The number of amides is 1. The van der Waals surface area contributed by atoms with Gasteiger partial charge in [0.2, 0.25) is 5.91 Å². The Morgan fingerprint density at radius 1 is 1.19 bits per heavy atom. The van der Waals surface area contributed by atoms with Gasteiger partial charge in [-0.2, -0.15) is 0 Å². The number of thiophene rings is 1. The number of likely N-dealkylation sites (tertiary alicyclic amines) is 1. The zero-order valence-corrected chi connectivity index (χ0v) is 20.7. The first kappa shape index (κ1) is 22.4. The molecule has 0 aromatic carbocycles. The van der Waals surface area contributed by atoms with E-state index in [1.807, 2.05) is 4.90 Å². The second-order valence-corrected chi connectivity index (χ2v) is 11.9. The standard InChI is InChI=1S/C24H33N3O3S2/c1-15-10-16(2)12-26(11-15)20(28)14-31-24-25-22-21(18-7-3-4-8-19(18)32-22)23(29)27(24)13-17-6-5-9-30-17/h15-17H,3-14H2,1-2H3/t15-,16-,17+/m1/s1. The summed E-state index contributed by atoms with van der Waals surface area (Å²) in [6.07, 6.45) is 7.60. The van der Waals surface area contributed by atoms with Crippen LogP contribution in [0.2, 0.25) is 0 Å². The van der Waals surface area contributed by atoms with Crippen molar-refractivity contribution in [1.82, 2.24) is 14.5 Å². The molecule has 2 aromatic heterocycles. The van der Waals surface area contributed by atoms with Crippen molar-refractivity contribution in [3.05, 3.63) is 20.8 Å². The fraction of sp³-hybridized carbons (Fsp3) is 0.708. The lowest BCUT2D eigenvalue weighted by Gasteiger charge is -2.35. The van der Waals surface area contributed by atoms with Crippen molar-refractivity contribution in [2.24, 2.45) is 11.8 Å². The molecule has 4 heterocycles. The topological polar surface area (TPSA) is 64.4 Å². The van der Waals surface area contributed by atoms with E-state index < -0.39 is 0 Å². The molecule has 0 radical (unpaired) electrons. The predicted molar refractivity (Wildman–Crippen MR) is 130 cm³/mol. The van der Waals surface area contributed by atoms with Crippen LogP contribution in [0.3, 0.4) is 0 Å². The molecule has 6 nitrogen and oxygen atoms in total. The van der Waals surface area contributed by atoms with Crippen molar-refractivity contribution < 1.29 is 9.53 Å². The van der Waals surface area contributed by atoms with Gasteiger partial charge in [0.1, 0.15) is 4.83 Å². The second-order valence-electron chi connectivity index (χ2n) is 9.87. The summed E-state index contributed by atoms with van der Waals surface area (Å²) in [7, 11) is 0. The number of ether oxygens (including phenoxy) is 1. The van der Waals surface area contributed by atoms with Crippen molar-refractivity contribution in [3.63, 3.8) is 0 Å². The molecule has 0 N–H and O–H groups in total. The van der Waals surface area contributed by atoms with Crippen molar-refractivity contribution >= 4 is 39.2 Å². The minimum Gasteiger partial charge on any atom is -0.376 e. The number of aryl methyl sites for hydroxylation is 2. The average molecular weight is 476 g/mol. The van der Waals surface area contributed by atoms with Gasteiger partial charge in [0.05, 0.1) is 23.8 Å². The monoisotopic (exact) mass is 475 g/mol. The molecule has 2 aliphatic heterocycles. The molecule has 0 saturated carbocycles. The highest BCUT2D eigenvalue weighted by Gasteiger charge is 2.28. The highest BCUT2D eigenvalue weighted by molar-refractivity contribution is 7.99. The molecule has 174 valence electrons. The quantitative estimate of drug-likeness (QED) is 0.481. The number of thioether (sulfide) groups is 1. The first-order valence-electron chi connectivity index (χ1n) is 12.1. The Kier molecular flexibility index (Phi) is 6.63. The summed E-state index contributed by atoms with van der Waals surface area (Å²) in [4.78, 5) is 35.8. The molecule has 0 unspecified atom stereocenters. The zero-order chi connectivity index (χ0) is 22.2. The number of nitrogens with zero attached hydrogens (tertiary/aromatic N) is 3. The van der Waals surface area contributed by atoms with Crippen LogP contribution in [-0.2, 0) is 28.9 Å². The highest BCUT2D eigenvalue weighted by atomic mass is 32.2. The smallest absolute Gasteiger partial charge is 0.263 e. The lowest BCUT2D eigenvalue weighted by atomic mass is 9.92.